The van der Waals surface area contributed by atoms with E-state index in [1.165, 1.54) is 28.4 Å². The molecule has 4 atom stereocenters. The molecule has 0 N–H and O–H groups in total. The fourth-order valence-electron chi connectivity index (χ4n) is 8.57. The summed E-state index contributed by atoms with van der Waals surface area (Å²) in [4.78, 5) is 26.1. The number of hydrogen-bond acceptors (Lipinski definition) is 18. The summed E-state index contributed by atoms with van der Waals surface area (Å²) in [5.41, 5.74) is 5.20. The molecule has 6 heterocycles. The van der Waals surface area contributed by atoms with Crippen molar-refractivity contribution in [3.63, 3.8) is 0 Å². The largest absolute Gasteiger partial charge is 0.494 e. The SMILES string of the molecule is COc1c(Br)cc(Br)c(OC)c1-n1c(CS(=O)(=O)[C@@H](C)[C@H](C)c2ncc(C)cn2)nnc1-c1cncc(C2CC2)c1.COc1cccc(OC)c1-n1c(CS(=O)(=O)[C@@H](C)[C@H](C)c2ncc(C)cn2)nnc1-c1cncc(Br)c1. The van der Waals surface area contributed by atoms with E-state index in [1.54, 1.807) is 91.5 Å². The lowest BCUT2D eigenvalue weighted by molar-refractivity contribution is 0.387. The maximum absolute atomic E-state index is 13.9. The van der Waals surface area contributed by atoms with Gasteiger partial charge in [-0.1, -0.05) is 19.9 Å². The Bertz CT molecular complexity index is 3630. The normalized spacial score (nSPS) is 14.2. The lowest BCUT2D eigenvalue weighted by atomic mass is 10.1. The van der Waals surface area contributed by atoms with E-state index >= 15 is 0 Å². The first-order chi connectivity index (χ1) is 37.2. The maximum atomic E-state index is 13.9. The number of rotatable bonds is 19. The summed E-state index contributed by atoms with van der Waals surface area (Å²) in [6, 6.07) is 11.0. The molecule has 0 saturated heterocycles. The van der Waals surface area contributed by atoms with Crippen LogP contribution in [0.15, 0.2) is 99.4 Å². The summed E-state index contributed by atoms with van der Waals surface area (Å²) in [6.07, 6.45) is 15.8. The molecule has 410 valence electrons. The van der Waals surface area contributed by atoms with Crippen LogP contribution in [0.4, 0.5) is 0 Å². The predicted octanol–water partition coefficient (Wildman–Crippen LogP) is 10.3. The zero-order chi connectivity index (χ0) is 56.2. The Morgan fingerprint density at radius 3 is 1.42 bits per heavy atom. The number of nitrogens with zero attached hydrogens (tertiary/aromatic N) is 12. The van der Waals surface area contributed by atoms with Gasteiger partial charge in [0.25, 0.3) is 0 Å². The number of aryl methyl sites for hydroxylation is 2. The first-order valence-corrected chi connectivity index (χ1v) is 30.3. The molecule has 0 spiro atoms. The standard InChI is InChI=1S/C28H30Br2N6O4S.C25H27BrN6O4S/c1-15-10-32-27(33-11-15)16(2)17(3)41(37,38)14-23-34-35-28(20-8-19(12-31-13-20)18-6-7-18)36(23)24-25(39-4)21(29)9-22(30)26(24)40-5;1-15-10-28-24(29-11-15)16(2)17(3)37(33,34)14-22-30-31-25(18-9-19(26)13-27-12-18)32(22)23-20(35-4)7-6-8-21(23)36-5/h8-13,16-18H,6-7,14H2,1-5H3;6-13,16-17H,14H2,1-5H3/t2*16-,17-/m00/s1. The molecule has 78 heavy (non-hydrogen) atoms. The number of methoxy groups -OCH3 is 4. The Morgan fingerprint density at radius 1 is 0.564 bits per heavy atom. The van der Waals surface area contributed by atoms with Gasteiger partial charge in [0, 0.05) is 77.0 Å². The van der Waals surface area contributed by atoms with Gasteiger partial charge in [-0.25, -0.2) is 36.8 Å². The molecule has 0 amide bonds. The number of benzene rings is 2. The monoisotopic (exact) mass is 1290 g/mol. The zero-order valence-electron chi connectivity index (χ0n) is 44.4. The lowest BCUT2D eigenvalue weighted by Gasteiger charge is -2.21. The third-order valence-corrected chi connectivity index (χ3v) is 19.5. The number of para-hydroxylation sites is 1. The van der Waals surface area contributed by atoms with Gasteiger partial charge in [-0.2, -0.15) is 0 Å². The average Bonchev–Trinajstić information content (AvgIpc) is 4.18. The summed E-state index contributed by atoms with van der Waals surface area (Å²) < 4.78 is 83.2. The van der Waals surface area contributed by atoms with Crippen molar-refractivity contribution in [1.82, 2.24) is 59.4 Å². The average molecular weight is 1290 g/mol. The minimum atomic E-state index is -3.77. The van der Waals surface area contributed by atoms with Gasteiger partial charge >= 0.3 is 0 Å². The van der Waals surface area contributed by atoms with Gasteiger partial charge in [0.05, 0.1) is 47.9 Å². The number of aromatic nitrogens is 12. The Labute approximate surface area is 478 Å². The molecule has 1 saturated carbocycles. The van der Waals surface area contributed by atoms with E-state index in [0.29, 0.717) is 83.7 Å². The molecule has 1 aliphatic rings. The van der Waals surface area contributed by atoms with Gasteiger partial charge < -0.3 is 18.9 Å². The maximum Gasteiger partial charge on any atom is 0.170 e. The molecular weight excluding hydrogens is 1240 g/mol. The third kappa shape index (κ3) is 12.4. The second kappa shape index (κ2) is 24.4. The molecule has 1 aliphatic carbocycles. The first-order valence-electron chi connectivity index (χ1n) is 24.5. The number of hydrogen-bond donors (Lipinski definition) is 0. The molecule has 8 aromatic rings. The summed E-state index contributed by atoms with van der Waals surface area (Å²) in [5, 5.41) is 16.0. The quantitative estimate of drug-likeness (QED) is 0.0730. The van der Waals surface area contributed by atoms with E-state index in [0.717, 1.165) is 34.0 Å². The van der Waals surface area contributed by atoms with Crippen molar-refractivity contribution in [2.75, 3.05) is 28.4 Å². The van der Waals surface area contributed by atoms with E-state index in [-0.39, 0.29) is 23.2 Å². The van der Waals surface area contributed by atoms with Crippen molar-refractivity contribution in [1.29, 1.82) is 0 Å². The van der Waals surface area contributed by atoms with Crippen molar-refractivity contribution < 1.29 is 35.8 Å². The highest BCUT2D eigenvalue weighted by Gasteiger charge is 2.36. The molecule has 0 aliphatic heterocycles. The minimum Gasteiger partial charge on any atom is -0.494 e. The number of sulfone groups is 2. The highest BCUT2D eigenvalue weighted by Crippen LogP contribution is 2.47. The predicted molar refractivity (Wildman–Crippen MR) is 305 cm³/mol. The van der Waals surface area contributed by atoms with Crippen LogP contribution in [0.2, 0.25) is 0 Å². The molecule has 2 aromatic carbocycles. The van der Waals surface area contributed by atoms with Crippen LogP contribution < -0.4 is 18.9 Å². The minimum absolute atomic E-state index is 0.210. The molecule has 20 nitrogen and oxygen atoms in total. The van der Waals surface area contributed by atoms with Crippen molar-refractivity contribution in [2.45, 2.75) is 94.1 Å². The molecule has 9 rings (SSSR count). The summed E-state index contributed by atoms with van der Waals surface area (Å²) in [6.45, 7) is 10.7. The van der Waals surface area contributed by atoms with Crippen LogP contribution in [0.5, 0.6) is 23.0 Å². The van der Waals surface area contributed by atoms with Gasteiger partial charge in [0.1, 0.15) is 46.0 Å². The van der Waals surface area contributed by atoms with E-state index < -0.39 is 42.0 Å². The van der Waals surface area contributed by atoms with Crippen LogP contribution in [-0.4, -0.2) is 115 Å². The first kappa shape index (κ1) is 57.9. The molecule has 0 radical (unpaired) electrons. The molecule has 1 fully saturated rings. The Hall–Kier alpha value is -6.28. The molecule has 0 bridgehead atoms. The van der Waals surface area contributed by atoms with Crippen LogP contribution in [0.3, 0.4) is 0 Å². The Balaban J connectivity index is 0.000000207. The number of pyridine rings is 2. The van der Waals surface area contributed by atoms with E-state index in [1.807, 2.05) is 45.2 Å². The second-order valence-corrected chi connectivity index (χ2v) is 26.2. The third-order valence-electron chi connectivity index (χ3n) is 13.5. The van der Waals surface area contributed by atoms with Crippen LogP contribution in [-0.2, 0) is 31.2 Å². The van der Waals surface area contributed by atoms with Crippen LogP contribution in [0.25, 0.3) is 34.2 Å². The fraction of sp³-hybridized carbons (Fsp3) is 0.358. The topological polar surface area (TPSA) is 244 Å². The van der Waals surface area contributed by atoms with Gasteiger partial charge in [-0.05, 0) is 141 Å². The van der Waals surface area contributed by atoms with Crippen LogP contribution >= 0.6 is 47.8 Å². The smallest absolute Gasteiger partial charge is 0.170 e. The summed E-state index contributed by atoms with van der Waals surface area (Å²) >= 11 is 10.6. The molecule has 6 aromatic heterocycles. The van der Waals surface area contributed by atoms with Crippen molar-refractivity contribution in [3.05, 3.63) is 139 Å². The zero-order valence-corrected chi connectivity index (χ0v) is 50.8. The second-order valence-electron chi connectivity index (χ2n) is 18.8. The van der Waals surface area contributed by atoms with Crippen LogP contribution in [0.1, 0.15) is 98.3 Å². The van der Waals surface area contributed by atoms with Gasteiger partial charge in [-0.3, -0.25) is 19.1 Å². The number of ether oxygens (including phenoxy) is 4. The van der Waals surface area contributed by atoms with E-state index in [9.17, 15) is 16.8 Å². The van der Waals surface area contributed by atoms with Gasteiger partial charge in [-0.15, -0.1) is 20.4 Å². The van der Waals surface area contributed by atoms with Crippen molar-refractivity contribution in [2.24, 2.45) is 0 Å². The van der Waals surface area contributed by atoms with E-state index in [2.05, 4.69) is 98.1 Å². The molecule has 25 heteroatoms. The van der Waals surface area contributed by atoms with Crippen LogP contribution in [0, 0.1) is 13.8 Å². The lowest BCUT2D eigenvalue weighted by Crippen LogP contribution is -2.27. The van der Waals surface area contributed by atoms with Crippen molar-refractivity contribution in [3.8, 4) is 57.1 Å². The molecule has 0 unspecified atom stereocenters. The molecular formula is C53H57Br3N12O8S2. The summed E-state index contributed by atoms with van der Waals surface area (Å²) in [5.74, 6) is 2.81. The highest BCUT2D eigenvalue weighted by atomic mass is 79.9. The van der Waals surface area contributed by atoms with Gasteiger partial charge in [0.2, 0.25) is 0 Å². The Kier molecular flexibility index (Phi) is 18.1. The fourth-order valence-corrected chi connectivity index (χ4v) is 13.5. The Morgan fingerprint density at radius 2 is 1.00 bits per heavy atom. The summed E-state index contributed by atoms with van der Waals surface area (Å²) in [7, 11) is -1.35. The number of halogens is 3. The van der Waals surface area contributed by atoms with E-state index in [4.69, 9.17) is 18.9 Å². The van der Waals surface area contributed by atoms with Gasteiger partial charge in [0.15, 0.2) is 54.5 Å². The highest BCUT2D eigenvalue weighted by molar-refractivity contribution is 9.11. The van der Waals surface area contributed by atoms with Crippen molar-refractivity contribution >= 4 is 67.5 Å².